The van der Waals surface area contributed by atoms with Gasteiger partial charge >= 0.3 is 6.18 Å². The Balaban J connectivity index is 3.24. The molecule has 1 aromatic heterocycles. The van der Waals surface area contributed by atoms with Gasteiger partial charge in [0.1, 0.15) is 0 Å². The fourth-order valence-corrected chi connectivity index (χ4v) is 1.06. The SMILES string of the molecule is FC(F)(F)c1nc(Cl)ncc1CCl. The van der Waals surface area contributed by atoms with Crippen molar-refractivity contribution in [2.75, 3.05) is 0 Å². The van der Waals surface area contributed by atoms with Gasteiger partial charge in [0.2, 0.25) is 5.28 Å². The number of hydrogen-bond donors (Lipinski definition) is 0. The summed E-state index contributed by atoms with van der Waals surface area (Å²) < 4.78 is 36.6. The summed E-state index contributed by atoms with van der Waals surface area (Å²) in [5, 5.41) is -0.443. The lowest BCUT2D eigenvalue weighted by Crippen LogP contribution is -2.12. The highest BCUT2D eigenvalue weighted by Gasteiger charge is 2.35. The van der Waals surface area contributed by atoms with Crippen LogP contribution in [0.1, 0.15) is 11.3 Å². The topological polar surface area (TPSA) is 25.8 Å². The van der Waals surface area contributed by atoms with E-state index in [1.165, 1.54) is 0 Å². The molecule has 0 aliphatic heterocycles. The summed E-state index contributed by atoms with van der Waals surface area (Å²) >= 11 is 10.5. The van der Waals surface area contributed by atoms with Crippen molar-refractivity contribution in [2.24, 2.45) is 0 Å². The van der Waals surface area contributed by atoms with E-state index >= 15 is 0 Å². The first-order valence-corrected chi connectivity index (χ1v) is 4.01. The third kappa shape index (κ3) is 2.45. The fraction of sp³-hybridized carbons (Fsp3) is 0.333. The minimum Gasteiger partial charge on any atom is -0.226 e. The molecule has 0 N–H and O–H groups in total. The summed E-state index contributed by atoms with van der Waals surface area (Å²) in [4.78, 5) is 6.45. The van der Waals surface area contributed by atoms with Crippen LogP contribution in [-0.2, 0) is 12.1 Å². The largest absolute Gasteiger partial charge is 0.433 e. The normalized spacial score (nSPS) is 11.8. The van der Waals surface area contributed by atoms with Crippen LogP contribution in [0.2, 0.25) is 5.28 Å². The maximum Gasteiger partial charge on any atom is 0.433 e. The molecule has 0 bridgehead atoms. The summed E-state index contributed by atoms with van der Waals surface area (Å²) in [5.41, 5.74) is -1.26. The Hall–Kier alpha value is -0.550. The zero-order chi connectivity index (χ0) is 10.1. The van der Waals surface area contributed by atoms with Gasteiger partial charge in [0.25, 0.3) is 0 Å². The van der Waals surface area contributed by atoms with Crippen LogP contribution in [-0.4, -0.2) is 9.97 Å². The van der Waals surface area contributed by atoms with Crippen molar-refractivity contribution in [1.29, 1.82) is 0 Å². The van der Waals surface area contributed by atoms with E-state index in [-0.39, 0.29) is 11.4 Å². The van der Waals surface area contributed by atoms with Crippen molar-refractivity contribution in [3.05, 3.63) is 22.7 Å². The van der Waals surface area contributed by atoms with Crippen LogP contribution in [0.5, 0.6) is 0 Å². The van der Waals surface area contributed by atoms with E-state index in [0.29, 0.717) is 0 Å². The Kier molecular flexibility index (Phi) is 2.98. The lowest BCUT2D eigenvalue weighted by Gasteiger charge is -2.08. The molecule has 1 rings (SSSR count). The van der Waals surface area contributed by atoms with Gasteiger partial charge in [0, 0.05) is 11.8 Å². The minimum atomic E-state index is -4.54. The highest BCUT2D eigenvalue weighted by Crippen LogP contribution is 2.31. The molecule has 72 valence electrons. The van der Waals surface area contributed by atoms with Crippen molar-refractivity contribution >= 4 is 23.2 Å². The smallest absolute Gasteiger partial charge is 0.226 e. The monoisotopic (exact) mass is 230 g/mol. The van der Waals surface area contributed by atoms with Crippen LogP contribution in [0.3, 0.4) is 0 Å². The molecule has 1 aromatic rings. The Morgan fingerprint density at radius 1 is 1.38 bits per heavy atom. The molecule has 1 heterocycles. The van der Waals surface area contributed by atoms with Gasteiger partial charge in [0.05, 0.1) is 5.88 Å². The Morgan fingerprint density at radius 3 is 2.46 bits per heavy atom. The Labute approximate surface area is 81.7 Å². The first-order chi connectivity index (χ1) is 5.95. The number of rotatable bonds is 1. The van der Waals surface area contributed by atoms with Crippen LogP contribution < -0.4 is 0 Å². The molecule has 2 nitrogen and oxygen atoms in total. The van der Waals surface area contributed by atoms with Gasteiger partial charge in [-0.3, -0.25) is 0 Å². The molecule has 7 heteroatoms. The maximum atomic E-state index is 12.2. The second-order valence-electron chi connectivity index (χ2n) is 2.14. The Morgan fingerprint density at radius 2 is 2.00 bits per heavy atom. The third-order valence-corrected chi connectivity index (χ3v) is 1.72. The average Bonchev–Trinajstić information content (AvgIpc) is 2.03. The molecule has 0 fully saturated rings. The van der Waals surface area contributed by atoms with Gasteiger partial charge < -0.3 is 0 Å². The van der Waals surface area contributed by atoms with Crippen molar-refractivity contribution < 1.29 is 13.2 Å². The zero-order valence-corrected chi connectivity index (χ0v) is 7.58. The first-order valence-electron chi connectivity index (χ1n) is 3.09. The average molecular weight is 231 g/mol. The molecule has 13 heavy (non-hydrogen) atoms. The molecule has 0 aliphatic carbocycles. The van der Waals surface area contributed by atoms with Crippen LogP contribution in [0, 0.1) is 0 Å². The van der Waals surface area contributed by atoms with Crippen molar-refractivity contribution in [2.45, 2.75) is 12.1 Å². The second-order valence-corrected chi connectivity index (χ2v) is 2.75. The van der Waals surface area contributed by atoms with Gasteiger partial charge in [-0.25, -0.2) is 9.97 Å². The van der Waals surface area contributed by atoms with E-state index in [1.54, 1.807) is 0 Å². The predicted molar refractivity (Wildman–Crippen MR) is 41.6 cm³/mol. The molecular formula is C6H3Cl2F3N2. The van der Waals surface area contributed by atoms with Gasteiger partial charge in [0.15, 0.2) is 5.69 Å². The van der Waals surface area contributed by atoms with E-state index in [4.69, 9.17) is 23.2 Å². The standard InChI is InChI=1S/C6H3Cl2F3N2/c7-1-3-2-12-5(8)13-4(3)6(9,10)11/h2H,1H2. The third-order valence-electron chi connectivity index (χ3n) is 1.25. The fourth-order valence-electron chi connectivity index (χ4n) is 0.728. The highest BCUT2D eigenvalue weighted by atomic mass is 35.5. The summed E-state index contributed by atoms with van der Waals surface area (Å²) in [6, 6.07) is 0. The quantitative estimate of drug-likeness (QED) is 0.548. The zero-order valence-electron chi connectivity index (χ0n) is 6.07. The number of nitrogens with zero attached hydrogens (tertiary/aromatic N) is 2. The molecule has 0 saturated carbocycles. The van der Waals surface area contributed by atoms with Crippen molar-refractivity contribution in [3.63, 3.8) is 0 Å². The van der Waals surface area contributed by atoms with Gasteiger partial charge in [-0.15, -0.1) is 11.6 Å². The van der Waals surface area contributed by atoms with E-state index in [0.717, 1.165) is 6.20 Å². The van der Waals surface area contributed by atoms with Crippen molar-refractivity contribution in [3.8, 4) is 0 Å². The first kappa shape index (κ1) is 10.5. The van der Waals surface area contributed by atoms with Crippen LogP contribution in [0.4, 0.5) is 13.2 Å². The summed E-state index contributed by atoms with van der Waals surface area (Å²) in [7, 11) is 0. The molecule has 0 radical (unpaired) electrons. The van der Waals surface area contributed by atoms with Gasteiger partial charge in [-0.2, -0.15) is 13.2 Å². The number of alkyl halides is 4. The summed E-state index contributed by atoms with van der Waals surface area (Å²) in [5.74, 6) is -0.300. The number of halogens is 5. The van der Waals surface area contributed by atoms with Gasteiger partial charge in [-0.05, 0) is 11.6 Å². The second kappa shape index (κ2) is 3.67. The molecule has 0 amide bonds. The molecule has 0 aromatic carbocycles. The predicted octanol–water partition coefficient (Wildman–Crippen LogP) is 2.89. The maximum absolute atomic E-state index is 12.2. The number of aromatic nitrogens is 2. The molecular weight excluding hydrogens is 228 g/mol. The molecule has 0 atom stereocenters. The Bertz CT molecular complexity index is 313. The van der Waals surface area contributed by atoms with E-state index in [2.05, 4.69) is 9.97 Å². The molecule has 0 saturated heterocycles. The minimum absolute atomic E-state index is 0.182. The van der Waals surface area contributed by atoms with E-state index in [1.807, 2.05) is 0 Å². The van der Waals surface area contributed by atoms with Crippen LogP contribution in [0.15, 0.2) is 6.20 Å². The summed E-state index contributed by atoms with van der Waals surface area (Å²) in [6.45, 7) is 0. The molecule has 0 aliphatic rings. The van der Waals surface area contributed by atoms with E-state index < -0.39 is 17.2 Å². The van der Waals surface area contributed by atoms with Crippen LogP contribution in [0.25, 0.3) is 0 Å². The van der Waals surface area contributed by atoms with E-state index in [9.17, 15) is 13.2 Å². The highest BCUT2D eigenvalue weighted by molar-refractivity contribution is 6.28. The molecule has 0 unspecified atom stereocenters. The lowest BCUT2D eigenvalue weighted by molar-refractivity contribution is -0.141. The van der Waals surface area contributed by atoms with Gasteiger partial charge in [-0.1, -0.05) is 0 Å². The summed E-state index contributed by atoms with van der Waals surface area (Å²) in [6.07, 6.45) is -3.58. The number of hydrogen-bond acceptors (Lipinski definition) is 2. The lowest BCUT2D eigenvalue weighted by atomic mass is 10.2. The van der Waals surface area contributed by atoms with Crippen LogP contribution >= 0.6 is 23.2 Å². The molecule has 0 spiro atoms. The van der Waals surface area contributed by atoms with Crippen molar-refractivity contribution in [1.82, 2.24) is 9.97 Å².